The van der Waals surface area contributed by atoms with Gasteiger partial charge in [-0.25, -0.2) is 9.78 Å². The van der Waals surface area contributed by atoms with E-state index in [1.165, 1.54) is 18.2 Å². The van der Waals surface area contributed by atoms with E-state index in [2.05, 4.69) is 21.2 Å². The number of anilines is 1. The molecule has 1 unspecified atom stereocenters. The number of nitrogens with zero attached hydrogens (tertiary/aromatic N) is 1. The Morgan fingerprint density at radius 1 is 1.00 bits per heavy atom. The van der Waals surface area contributed by atoms with Gasteiger partial charge in [-0.05, 0) is 42.3 Å². The minimum absolute atomic E-state index is 0.126. The molecule has 0 aliphatic carbocycles. The fourth-order valence-corrected chi connectivity index (χ4v) is 3.20. The van der Waals surface area contributed by atoms with E-state index in [1.807, 2.05) is 6.07 Å². The lowest BCUT2D eigenvalue weighted by atomic mass is 9.91. The summed E-state index contributed by atoms with van der Waals surface area (Å²) in [5.41, 5.74) is 4.61. The number of Topliss-reactive ketones (excluding diaryl/α,β-unsaturated/α-hetero) is 1. The average Bonchev–Trinajstić information content (AvgIpc) is 2.73. The van der Waals surface area contributed by atoms with Crippen LogP contribution >= 0.6 is 23.2 Å². The third kappa shape index (κ3) is 8.23. The van der Waals surface area contributed by atoms with Crippen molar-refractivity contribution >= 4 is 52.6 Å². The number of benzene rings is 1. The van der Waals surface area contributed by atoms with Gasteiger partial charge < -0.3 is 10.4 Å². The summed E-state index contributed by atoms with van der Waals surface area (Å²) in [6.07, 6.45) is 1.74. The Balaban J connectivity index is 1.84. The summed E-state index contributed by atoms with van der Waals surface area (Å²) in [5.74, 6) is -4.70. The van der Waals surface area contributed by atoms with E-state index < -0.39 is 35.9 Å². The third-order valence-corrected chi connectivity index (χ3v) is 4.53. The van der Waals surface area contributed by atoms with Crippen LogP contribution in [0.3, 0.4) is 0 Å². The summed E-state index contributed by atoms with van der Waals surface area (Å²) in [7, 11) is 0. The predicted molar refractivity (Wildman–Crippen MR) is 115 cm³/mol. The lowest BCUT2D eigenvalue weighted by Crippen LogP contribution is -2.42. The molecule has 0 saturated heterocycles. The number of pyridine rings is 1. The smallest absolute Gasteiger partial charge is 0.372 e. The van der Waals surface area contributed by atoms with Gasteiger partial charge in [0.2, 0.25) is 17.6 Å². The number of carboxylic acids is 1. The van der Waals surface area contributed by atoms with Gasteiger partial charge >= 0.3 is 5.97 Å². The normalized spacial score (nSPS) is 11.3. The Bertz CT molecular complexity index is 936. The van der Waals surface area contributed by atoms with E-state index in [0.29, 0.717) is 18.8 Å². The first-order valence-electron chi connectivity index (χ1n) is 9.22. The molecule has 31 heavy (non-hydrogen) atoms. The van der Waals surface area contributed by atoms with E-state index >= 15 is 0 Å². The van der Waals surface area contributed by atoms with Gasteiger partial charge in [0.25, 0.3) is 0 Å². The molecule has 0 aliphatic heterocycles. The van der Waals surface area contributed by atoms with E-state index in [-0.39, 0.29) is 22.0 Å². The zero-order valence-electron chi connectivity index (χ0n) is 16.2. The van der Waals surface area contributed by atoms with Crippen molar-refractivity contribution in [1.82, 2.24) is 15.8 Å². The van der Waals surface area contributed by atoms with Crippen LogP contribution in [0.5, 0.6) is 0 Å². The SMILES string of the molecule is O=C(CCCNc1ccccn1)NNC(=O)CC(C(=O)C(=O)O)c1cc(Cl)cc(Cl)c1. The topological polar surface area (TPSA) is 137 Å². The van der Waals surface area contributed by atoms with Crippen molar-refractivity contribution in [2.24, 2.45) is 0 Å². The Labute approximate surface area is 188 Å². The second-order valence-corrected chi connectivity index (χ2v) is 7.34. The molecule has 2 aromatic rings. The lowest BCUT2D eigenvalue weighted by molar-refractivity contribution is -0.150. The van der Waals surface area contributed by atoms with E-state index in [0.717, 1.165) is 0 Å². The average molecular weight is 467 g/mol. The van der Waals surface area contributed by atoms with E-state index in [9.17, 15) is 19.2 Å². The maximum Gasteiger partial charge on any atom is 0.372 e. The van der Waals surface area contributed by atoms with Crippen molar-refractivity contribution in [2.75, 3.05) is 11.9 Å². The minimum Gasteiger partial charge on any atom is -0.475 e. The van der Waals surface area contributed by atoms with Gasteiger partial charge in [-0.15, -0.1) is 0 Å². The highest BCUT2D eigenvalue weighted by Crippen LogP contribution is 2.27. The van der Waals surface area contributed by atoms with Crippen molar-refractivity contribution in [3.8, 4) is 0 Å². The monoisotopic (exact) mass is 466 g/mol. The summed E-state index contributed by atoms with van der Waals surface area (Å²) in [4.78, 5) is 51.4. The number of carbonyl (C=O) groups is 4. The first kappa shape index (κ1) is 24.1. The second kappa shape index (κ2) is 11.9. The van der Waals surface area contributed by atoms with Gasteiger partial charge in [0.15, 0.2) is 0 Å². The van der Waals surface area contributed by atoms with Crippen LogP contribution in [0.25, 0.3) is 0 Å². The molecule has 0 radical (unpaired) electrons. The molecule has 164 valence electrons. The first-order valence-corrected chi connectivity index (χ1v) is 9.97. The molecule has 0 spiro atoms. The molecule has 0 aliphatic rings. The van der Waals surface area contributed by atoms with Crippen LogP contribution in [0.2, 0.25) is 10.0 Å². The van der Waals surface area contributed by atoms with E-state index in [1.54, 1.807) is 18.3 Å². The van der Waals surface area contributed by atoms with Gasteiger partial charge in [0.05, 0.1) is 5.92 Å². The van der Waals surface area contributed by atoms with Crippen LogP contribution in [-0.2, 0) is 19.2 Å². The van der Waals surface area contributed by atoms with Crippen molar-refractivity contribution < 1.29 is 24.3 Å². The fraction of sp³-hybridized carbons (Fsp3) is 0.250. The minimum atomic E-state index is -1.70. The van der Waals surface area contributed by atoms with Gasteiger partial charge in [-0.2, -0.15) is 0 Å². The van der Waals surface area contributed by atoms with E-state index in [4.69, 9.17) is 28.3 Å². The zero-order valence-corrected chi connectivity index (χ0v) is 17.7. The molecule has 1 atom stereocenters. The number of hydrogen-bond acceptors (Lipinski definition) is 6. The maximum atomic E-state index is 12.2. The number of ketones is 1. The highest BCUT2D eigenvalue weighted by molar-refractivity contribution is 6.36. The zero-order chi connectivity index (χ0) is 22.8. The molecular formula is C20H20Cl2N4O5. The maximum absolute atomic E-state index is 12.2. The molecule has 11 heteroatoms. The molecule has 0 fully saturated rings. The Kier molecular flexibility index (Phi) is 9.23. The van der Waals surface area contributed by atoms with Crippen LogP contribution in [-0.4, -0.2) is 40.2 Å². The molecule has 1 aromatic heterocycles. The van der Waals surface area contributed by atoms with Crippen molar-refractivity contribution in [3.63, 3.8) is 0 Å². The second-order valence-electron chi connectivity index (χ2n) is 6.47. The summed E-state index contributed by atoms with van der Waals surface area (Å²) in [6.45, 7) is 0.503. The number of hydrogen-bond donors (Lipinski definition) is 4. The van der Waals surface area contributed by atoms with Gasteiger partial charge in [0.1, 0.15) is 5.82 Å². The summed E-state index contributed by atoms with van der Waals surface area (Å²) < 4.78 is 0. The van der Waals surface area contributed by atoms with Crippen LogP contribution in [0, 0.1) is 0 Å². The highest BCUT2D eigenvalue weighted by Gasteiger charge is 2.29. The van der Waals surface area contributed by atoms with Crippen molar-refractivity contribution in [1.29, 1.82) is 0 Å². The third-order valence-electron chi connectivity index (χ3n) is 4.10. The number of halogens is 2. The molecule has 1 aromatic carbocycles. The number of nitrogens with one attached hydrogen (secondary N) is 3. The molecule has 0 bridgehead atoms. The van der Waals surface area contributed by atoms with Crippen molar-refractivity contribution in [3.05, 3.63) is 58.2 Å². The number of amides is 2. The quantitative estimate of drug-likeness (QED) is 0.239. The van der Waals surface area contributed by atoms with Gasteiger partial charge in [-0.3, -0.25) is 25.2 Å². The Hall–Kier alpha value is -3.17. The first-order chi connectivity index (χ1) is 14.8. The molecule has 1 heterocycles. The summed E-state index contributed by atoms with van der Waals surface area (Å²) in [5, 5.41) is 12.5. The number of aromatic nitrogens is 1. The largest absolute Gasteiger partial charge is 0.475 e. The predicted octanol–water partition coefficient (Wildman–Crippen LogP) is 2.56. The number of hydrazine groups is 1. The molecule has 4 N–H and O–H groups in total. The van der Waals surface area contributed by atoms with Crippen LogP contribution in [0.4, 0.5) is 5.82 Å². The van der Waals surface area contributed by atoms with Crippen molar-refractivity contribution in [2.45, 2.75) is 25.2 Å². The lowest BCUT2D eigenvalue weighted by Gasteiger charge is -2.15. The van der Waals surface area contributed by atoms with Gasteiger partial charge in [0, 0.05) is 35.6 Å². The number of carbonyl (C=O) groups excluding carboxylic acids is 3. The standard InChI is InChI=1S/C20H20Cl2N4O5/c21-13-8-12(9-14(22)10-13)15(19(29)20(30)31)11-18(28)26-25-17(27)5-3-7-24-16-4-1-2-6-23-16/h1-2,4,6,8-10,15H,3,5,7,11H2,(H,23,24)(H,25,27)(H,26,28)(H,30,31). The Morgan fingerprint density at radius 3 is 2.29 bits per heavy atom. The molecule has 0 saturated carbocycles. The summed E-state index contributed by atoms with van der Waals surface area (Å²) >= 11 is 11.8. The number of aliphatic carboxylic acids is 1. The van der Waals surface area contributed by atoms with Crippen LogP contribution in [0.15, 0.2) is 42.6 Å². The highest BCUT2D eigenvalue weighted by atomic mass is 35.5. The number of carboxylic acid groups (broad SMARTS) is 1. The van der Waals surface area contributed by atoms with Gasteiger partial charge in [-0.1, -0.05) is 29.3 Å². The molecule has 2 amide bonds. The molecule has 9 nitrogen and oxygen atoms in total. The number of rotatable bonds is 10. The fourth-order valence-electron chi connectivity index (χ4n) is 2.66. The molecular weight excluding hydrogens is 447 g/mol. The molecule has 2 rings (SSSR count). The van der Waals surface area contributed by atoms with Crippen LogP contribution < -0.4 is 16.2 Å². The summed E-state index contributed by atoms with van der Waals surface area (Å²) in [6, 6.07) is 9.55. The Morgan fingerprint density at radius 2 is 1.68 bits per heavy atom. The van der Waals surface area contributed by atoms with Crippen LogP contribution in [0.1, 0.15) is 30.7 Å².